The van der Waals surface area contributed by atoms with Crippen LogP contribution in [-0.2, 0) is 39.5 Å². The molecule has 4 rings (SSSR count). The normalized spacial score (nSPS) is 22.7. The van der Waals surface area contributed by atoms with E-state index in [1.165, 1.54) is 0 Å². The maximum absolute atomic E-state index is 14.3. The first kappa shape index (κ1) is 39.1. The summed E-state index contributed by atoms with van der Waals surface area (Å²) < 4.78 is 30.7. The van der Waals surface area contributed by atoms with Crippen LogP contribution in [-0.4, -0.2) is 85.5 Å². The number of carbonyl (C=O) groups excluding carboxylic acids is 5. The van der Waals surface area contributed by atoms with E-state index in [1.54, 1.807) is 62.1 Å². The summed E-state index contributed by atoms with van der Waals surface area (Å²) in [6.07, 6.45) is 5.73. The van der Waals surface area contributed by atoms with Crippen LogP contribution in [0.2, 0.25) is 0 Å². The van der Waals surface area contributed by atoms with Gasteiger partial charge in [-0.1, -0.05) is 69.5 Å². The molecule has 276 valence electrons. The van der Waals surface area contributed by atoms with Gasteiger partial charge < -0.3 is 25.6 Å². The Kier molecular flexibility index (Phi) is 12.6. The summed E-state index contributed by atoms with van der Waals surface area (Å²) in [6.45, 7) is 13.1. The van der Waals surface area contributed by atoms with Gasteiger partial charge in [0.2, 0.25) is 17.6 Å². The molecule has 1 saturated heterocycles. The molecule has 12 nitrogen and oxygen atoms in total. The minimum absolute atomic E-state index is 0.0548. The Hall–Kier alpha value is -3.74. The summed E-state index contributed by atoms with van der Waals surface area (Å²) >= 11 is 0. The molecule has 3 unspecified atom stereocenters. The minimum atomic E-state index is -3.56. The van der Waals surface area contributed by atoms with Gasteiger partial charge in [-0.15, -0.1) is 6.58 Å². The molecule has 3 fully saturated rings. The quantitative estimate of drug-likeness (QED) is 0.183. The second-order valence-electron chi connectivity index (χ2n) is 15.5. The molecule has 0 radical (unpaired) electrons. The monoisotopic (exact) mass is 714 g/mol. The van der Waals surface area contributed by atoms with Gasteiger partial charge in [-0.3, -0.25) is 19.2 Å². The number of fused-ring (bicyclic) bond motifs is 1. The van der Waals surface area contributed by atoms with Crippen molar-refractivity contribution in [1.82, 2.24) is 20.9 Å². The van der Waals surface area contributed by atoms with E-state index < -0.39 is 57.3 Å². The first-order valence-electron chi connectivity index (χ1n) is 17.7. The lowest BCUT2D eigenvalue weighted by molar-refractivity contribution is -0.145. The molecule has 2 aliphatic carbocycles. The van der Waals surface area contributed by atoms with Crippen molar-refractivity contribution < 1.29 is 37.1 Å². The molecule has 1 aliphatic heterocycles. The van der Waals surface area contributed by atoms with Crippen LogP contribution in [0.15, 0.2) is 43.0 Å². The molecular weight excluding hydrogens is 660 g/mol. The number of likely N-dealkylation sites (tertiary alicyclic amines) is 1. The highest BCUT2D eigenvalue weighted by Gasteiger charge is 2.69. The molecule has 1 heterocycles. The first-order valence-corrected chi connectivity index (χ1v) is 19.5. The SMILES string of the molecule is C=CCCC(NC(=O)[C@@H]1C2C(CN1C(=O)[C@@H](NC(=O)OC(C)(C)C)C1CCCCC1)C2(C)C)C(=O)C(=O)NCCS(=O)(=O)Cc1ccccc1. The fourth-order valence-corrected chi connectivity index (χ4v) is 8.81. The Balaban J connectivity index is 1.46. The van der Waals surface area contributed by atoms with E-state index >= 15 is 0 Å². The van der Waals surface area contributed by atoms with Crippen molar-refractivity contribution in [2.24, 2.45) is 23.2 Å². The number of hydrogen-bond acceptors (Lipinski definition) is 8. The molecule has 5 atom stereocenters. The predicted octanol–water partition coefficient (Wildman–Crippen LogP) is 3.69. The van der Waals surface area contributed by atoms with E-state index in [0.29, 0.717) is 18.5 Å². The lowest BCUT2D eigenvalue weighted by Crippen LogP contribution is -2.60. The topological polar surface area (TPSA) is 168 Å². The van der Waals surface area contributed by atoms with Crippen molar-refractivity contribution in [2.45, 2.75) is 109 Å². The van der Waals surface area contributed by atoms with Crippen molar-refractivity contribution in [3.63, 3.8) is 0 Å². The fraction of sp³-hybridized carbons (Fsp3) is 0.649. The number of sulfone groups is 1. The number of ether oxygens (including phenoxy) is 1. The predicted molar refractivity (Wildman–Crippen MR) is 189 cm³/mol. The van der Waals surface area contributed by atoms with Gasteiger partial charge in [0.25, 0.3) is 5.91 Å². The lowest BCUT2D eigenvalue weighted by atomic mass is 9.83. The van der Waals surface area contributed by atoms with Crippen molar-refractivity contribution >= 4 is 39.4 Å². The van der Waals surface area contributed by atoms with E-state index in [9.17, 15) is 32.4 Å². The molecule has 0 bridgehead atoms. The highest BCUT2D eigenvalue weighted by molar-refractivity contribution is 7.90. The summed E-state index contributed by atoms with van der Waals surface area (Å²) in [5.41, 5.74) is -0.365. The summed E-state index contributed by atoms with van der Waals surface area (Å²) in [6, 6.07) is 5.67. The van der Waals surface area contributed by atoms with Crippen LogP contribution in [0.1, 0.15) is 85.1 Å². The molecule has 0 spiro atoms. The number of rotatable bonds is 15. The molecule has 1 aromatic carbocycles. The number of carbonyl (C=O) groups is 5. The van der Waals surface area contributed by atoms with Crippen molar-refractivity contribution in [1.29, 1.82) is 0 Å². The highest BCUT2D eigenvalue weighted by atomic mass is 32.2. The summed E-state index contributed by atoms with van der Waals surface area (Å²) in [5, 5.41) is 8.00. The van der Waals surface area contributed by atoms with Gasteiger partial charge in [0, 0.05) is 13.1 Å². The molecule has 3 aliphatic rings. The number of nitrogens with zero attached hydrogens (tertiary/aromatic N) is 1. The van der Waals surface area contributed by atoms with Crippen LogP contribution < -0.4 is 16.0 Å². The Morgan fingerprint density at radius 1 is 1.04 bits per heavy atom. The highest BCUT2D eigenvalue weighted by Crippen LogP contribution is 2.65. The Bertz CT molecular complexity index is 1530. The maximum Gasteiger partial charge on any atom is 0.408 e. The third-order valence-corrected chi connectivity index (χ3v) is 11.9. The van der Waals surface area contributed by atoms with Crippen LogP contribution in [0.3, 0.4) is 0 Å². The number of amides is 4. The molecular formula is C37H54N4O8S. The van der Waals surface area contributed by atoms with Crippen LogP contribution in [0.4, 0.5) is 4.79 Å². The van der Waals surface area contributed by atoms with Crippen LogP contribution in [0.25, 0.3) is 0 Å². The lowest BCUT2D eigenvalue weighted by Gasteiger charge is -2.37. The first-order chi connectivity index (χ1) is 23.4. The summed E-state index contributed by atoms with van der Waals surface area (Å²) in [7, 11) is -3.56. The van der Waals surface area contributed by atoms with E-state index in [1.807, 2.05) is 13.8 Å². The average Bonchev–Trinajstić information content (AvgIpc) is 3.35. The number of allylic oxidation sites excluding steroid dienone is 1. The minimum Gasteiger partial charge on any atom is -0.444 e. The van der Waals surface area contributed by atoms with Gasteiger partial charge >= 0.3 is 6.09 Å². The number of alkyl carbamates (subject to hydrolysis) is 1. The van der Waals surface area contributed by atoms with Crippen molar-refractivity contribution in [3.05, 3.63) is 48.6 Å². The molecule has 13 heteroatoms. The zero-order valence-corrected chi connectivity index (χ0v) is 30.9. The number of ketones is 1. The van der Waals surface area contributed by atoms with Gasteiger partial charge in [-0.05, 0) is 75.2 Å². The van der Waals surface area contributed by atoms with E-state index in [4.69, 9.17) is 4.74 Å². The Morgan fingerprint density at radius 2 is 1.70 bits per heavy atom. The van der Waals surface area contributed by atoms with E-state index in [2.05, 4.69) is 22.5 Å². The van der Waals surface area contributed by atoms with E-state index in [-0.39, 0.29) is 53.5 Å². The number of hydrogen-bond donors (Lipinski definition) is 3. The Morgan fingerprint density at radius 3 is 2.32 bits per heavy atom. The van der Waals surface area contributed by atoms with Gasteiger partial charge in [0.1, 0.15) is 17.7 Å². The van der Waals surface area contributed by atoms with Gasteiger partial charge in [0.05, 0.1) is 17.5 Å². The zero-order valence-electron chi connectivity index (χ0n) is 30.0. The van der Waals surface area contributed by atoms with E-state index in [0.717, 1.165) is 32.1 Å². The summed E-state index contributed by atoms with van der Waals surface area (Å²) in [4.78, 5) is 69.2. The number of benzene rings is 1. The third-order valence-electron chi connectivity index (χ3n) is 10.3. The molecule has 4 amide bonds. The standard InChI is InChI=1S/C37H54N4O8S/c1-7-8-19-27(31(42)33(44)38-20-21-50(47,48)23-24-15-11-9-12-16-24)39-32(43)30-28-26(37(28,5)6)22-41(30)34(45)29(25-17-13-10-14-18-25)40-35(46)49-36(2,3)4/h7,9,11-12,15-16,25-30H,1,8,10,13-14,17-23H2,2-6H3,(H,38,44)(H,39,43)(H,40,46)/t26?,27?,28?,29-,30-/m0/s1. The molecule has 1 aromatic rings. The van der Waals surface area contributed by atoms with Gasteiger partial charge in [-0.25, -0.2) is 13.2 Å². The van der Waals surface area contributed by atoms with Crippen LogP contribution in [0.5, 0.6) is 0 Å². The number of piperidine rings is 1. The van der Waals surface area contributed by atoms with Gasteiger partial charge in [0.15, 0.2) is 9.84 Å². The molecule has 0 aromatic heterocycles. The second-order valence-corrected chi connectivity index (χ2v) is 17.7. The second kappa shape index (κ2) is 16.1. The maximum atomic E-state index is 14.3. The molecule has 2 saturated carbocycles. The average molecular weight is 715 g/mol. The van der Waals surface area contributed by atoms with Crippen molar-refractivity contribution in [3.8, 4) is 0 Å². The fourth-order valence-electron chi connectivity index (χ4n) is 7.55. The summed E-state index contributed by atoms with van der Waals surface area (Å²) in [5.74, 6) is -3.59. The smallest absolute Gasteiger partial charge is 0.408 e. The Labute approximate surface area is 296 Å². The van der Waals surface area contributed by atoms with Crippen molar-refractivity contribution in [2.75, 3.05) is 18.8 Å². The zero-order chi connectivity index (χ0) is 36.9. The number of Topliss-reactive ketones (excluding diaryl/α,β-unsaturated/α-hetero) is 1. The molecule has 50 heavy (non-hydrogen) atoms. The van der Waals surface area contributed by atoms with Crippen LogP contribution in [0, 0.1) is 23.2 Å². The third kappa shape index (κ3) is 9.95. The number of nitrogens with one attached hydrogen (secondary N) is 3. The van der Waals surface area contributed by atoms with Crippen LogP contribution >= 0.6 is 0 Å². The largest absolute Gasteiger partial charge is 0.444 e. The molecule has 3 N–H and O–H groups in total. The van der Waals surface area contributed by atoms with Gasteiger partial charge in [-0.2, -0.15) is 0 Å².